The summed E-state index contributed by atoms with van der Waals surface area (Å²) in [6.07, 6.45) is -2.03. The van der Waals surface area contributed by atoms with Crippen molar-refractivity contribution in [2.24, 2.45) is 0 Å². The highest BCUT2D eigenvalue weighted by atomic mass is 32.1. The van der Waals surface area contributed by atoms with Crippen molar-refractivity contribution in [1.29, 1.82) is 0 Å². The van der Waals surface area contributed by atoms with Crippen LogP contribution in [0.5, 0.6) is 0 Å². The fourth-order valence-electron chi connectivity index (χ4n) is 0.768. The quantitative estimate of drug-likeness (QED) is 0.493. The zero-order valence-electron chi connectivity index (χ0n) is 8.47. The lowest BCUT2D eigenvalue weighted by atomic mass is 10.4. The molecule has 6 heteroatoms. The van der Waals surface area contributed by atoms with E-state index < -0.39 is 24.7 Å². The summed E-state index contributed by atoms with van der Waals surface area (Å²) < 4.78 is 15.0. The first-order chi connectivity index (χ1) is 6.51. The van der Waals surface area contributed by atoms with E-state index in [1.165, 1.54) is 7.11 Å². The van der Waals surface area contributed by atoms with E-state index in [0.29, 0.717) is 0 Å². The Morgan fingerprint density at radius 3 is 2.29 bits per heavy atom. The molecule has 0 aromatic heterocycles. The van der Waals surface area contributed by atoms with Crippen molar-refractivity contribution in [3.05, 3.63) is 0 Å². The Balaban J connectivity index is 3.90. The SMILES string of the molecule is COC(C)OC(C)OC(CS)C(=O)O. The lowest BCUT2D eigenvalue weighted by Crippen LogP contribution is -2.32. The minimum atomic E-state index is -1.06. The Kier molecular flexibility index (Phi) is 6.90. The molecule has 0 radical (unpaired) electrons. The lowest BCUT2D eigenvalue weighted by Gasteiger charge is -2.21. The zero-order chi connectivity index (χ0) is 11.1. The molecule has 0 saturated heterocycles. The van der Waals surface area contributed by atoms with Gasteiger partial charge >= 0.3 is 5.97 Å². The molecule has 3 unspecified atom stereocenters. The van der Waals surface area contributed by atoms with Gasteiger partial charge in [0.05, 0.1) is 0 Å². The Bertz CT molecular complexity index is 175. The third-order valence-electron chi connectivity index (χ3n) is 1.51. The number of rotatable bonds is 7. The lowest BCUT2D eigenvalue weighted by molar-refractivity contribution is -0.236. The average molecular weight is 224 g/mol. The summed E-state index contributed by atoms with van der Waals surface area (Å²) in [6, 6.07) is 0. The fourth-order valence-corrected chi connectivity index (χ4v) is 1.01. The summed E-state index contributed by atoms with van der Waals surface area (Å²) in [5.41, 5.74) is 0. The highest BCUT2D eigenvalue weighted by Gasteiger charge is 2.20. The van der Waals surface area contributed by atoms with Crippen LogP contribution >= 0.6 is 12.6 Å². The van der Waals surface area contributed by atoms with E-state index in [2.05, 4.69) is 12.6 Å². The second-order valence-corrected chi connectivity index (χ2v) is 3.02. The molecule has 0 aliphatic rings. The molecule has 14 heavy (non-hydrogen) atoms. The third kappa shape index (κ3) is 5.43. The van der Waals surface area contributed by atoms with Crippen molar-refractivity contribution in [2.45, 2.75) is 32.5 Å². The molecule has 84 valence electrons. The number of ether oxygens (including phenoxy) is 3. The van der Waals surface area contributed by atoms with Crippen LogP contribution < -0.4 is 0 Å². The summed E-state index contributed by atoms with van der Waals surface area (Å²) in [5.74, 6) is -0.953. The van der Waals surface area contributed by atoms with Crippen LogP contribution in [0.3, 0.4) is 0 Å². The van der Waals surface area contributed by atoms with Crippen LogP contribution in [0.4, 0.5) is 0 Å². The van der Waals surface area contributed by atoms with Gasteiger partial charge < -0.3 is 19.3 Å². The van der Waals surface area contributed by atoms with Crippen molar-refractivity contribution in [1.82, 2.24) is 0 Å². The second kappa shape index (κ2) is 7.05. The van der Waals surface area contributed by atoms with Crippen LogP contribution in [-0.4, -0.2) is 42.6 Å². The molecule has 0 aliphatic heterocycles. The second-order valence-electron chi connectivity index (χ2n) is 2.65. The van der Waals surface area contributed by atoms with E-state index >= 15 is 0 Å². The number of aliphatic carboxylic acids is 1. The van der Waals surface area contributed by atoms with Gasteiger partial charge in [0.1, 0.15) is 0 Å². The zero-order valence-corrected chi connectivity index (χ0v) is 9.36. The fraction of sp³-hybridized carbons (Fsp3) is 0.875. The summed E-state index contributed by atoms with van der Waals surface area (Å²) in [6.45, 7) is 3.30. The highest BCUT2D eigenvalue weighted by Crippen LogP contribution is 2.05. The van der Waals surface area contributed by atoms with Gasteiger partial charge in [-0.05, 0) is 13.8 Å². The molecule has 3 atom stereocenters. The molecule has 0 aromatic carbocycles. The number of carboxylic acids is 1. The van der Waals surface area contributed by atoms with Gasteiger partial charge in [-0.15, -0.1) is 0 Å². The summed E-state index contributed by atoms with van der Waals surface area (Å²) in [4.78, 5) is 10.6. The molecule has 0 bridgehead atoms. The van der Waals surface area contributed by atoms with E-state index in [9.17, 15) is 4.79 Å². The minimum absolute atomic E-state index is 0.102. The molecule has 0 fully saturated rings. The molecule has 0 saturated carbocycles. The maximum absolute atomic E-state index is 10.6. The van der Waals surface area contributed by atoms with E-state index in [4.69, 9.17) is 19.3 Å². The molecule has 0 heterocycles. The maximum atomic E-state index is 10.6. The van der Waals surface area contributed by atoms with Crippen molar-refractivity contribution >= 4 is 18.6 Å². The first-order valence-corrected chi connectivity index (χ1v) is 4.81. The standard InChI is InChI=1S/C8H16O5S/c1-5(11-3)12-6(2)13-7(4-14)8(9)10/h5-7,14H,4H2,1-3H3,(H,9,10). The molecule has 0 rings (SSSR count). The van der Waals surface area contributed by atoms with Gasteiger partial charge in [-0.3, -0.25) is 0 Å². The van der Waals surface area contributed by atoms with Gasteiger partial charge in [-0.1, -0.05) is 0 Å². The molecule has 1 N–H and O–H groups in total. The van der Waals surface area contributed by atoms with Gasteiger partial charge in [-0.2, -0.15) is 12.6 Å². The maximum Gasteiger partial charge on any atom is 0.333 e. The van der Waals surface area contributed by atoms with Gasteiger partial charge in [0.15, 0.2) is 18.7 Å². The van der Waals surface area contributed by atoms with Gasteiger partial charge in [0.2, 0.25) is 0 Å². The molecular weight excluding hydrogens is 208 g/mol. The van der Waals surface area contributed by atoms with E-state index in [0.717, 1.165) is 0 Å². The normalized spacial score (nSPS) is 17.4. The summed E-state index contributed by atoms with van der Waals surface area (Å²) in [5, 5.41) is 8.65. The molecular formula is C8H16O5S. The number of hydrogen-bond donors (Lipinski definition) is 2. The van der Waals surface area contributed by atoms with Crippen LogP contribution in [0.15, 0.2) is 0 Å². The van der Waals surface area contributed by atoms with Crippen LogP contribution in [-0.2, 0) is 19.0 Å². The highest BCUT2D eigenvalue weighted by molar-refractivity contribution is 7.80. The van der Waals surface area contributed by atoms with Crippen LogP contribution in [0.2, 0.25) is 0 Å². The van der Waals surface area contributed by atoms with E-state index in [1.54, 1.807) is 13.8 Å². The number of carbonyl (C=O) groups is 1. The van der Waals surface area contributed by atoms with Gasteiger partial charge in [-0.25, -0.2) is 4.79 Å². The number of hydrogen-bond acceptors (Lipinski definition) is 5. The Labute approximate surface area is 88.7 Å². The predicted molar refractivity (Wildman–Crippen MR) is 53.4 cm³/mol. The molecule has 5 nitrogen and oxygen atoms in total. The topological polar surface area (TPSA) is 65.0 Å². The van der Waals surface area contributed by atoms with Crippen molar-refractivity contribution in [2.75, 3.05) is 12.9 Å². The molecule has 0 aromatic rings. The Hall–Kier alpha value is -0.300. The summed E-state index contributed by atoms with van der Waals surface area (Å²) in [7, 11) is 1.49. The first-order valence-electron chi connectivity index (χ1n) is 4.18. The van der Waals surface area contributed by atoms with Gasteiger partial charge in [0, 0.05) is 12.9 Å². The van der Waals surface area contributed by atoms with Crippen LogP contribution in [0.25, 0.3) is 0 Å². The van der Waals surface area contributed by atoms with E-state index in [1.807, 2.05) is 0 Å². The smallest absolute Gasteiger partial charge is 0.333 e. The third-order valence-corrected chi connectivity index (χ3v) is 1.84. The Morgan fingerprint density at radius 2 is 1.93 bits per heavy atom. The summed E-state index contributed by atoms with van der Waals surface area (Å²) >= 11 is 3.85. The van der Waals surface area contributed by atoms with Crippen molar-refractivity contribution < 1.29 is 24.1 Å². The van der Waals surface area contributed by atoms with Crippen molar-refractivity contribution in [3.8, 4) is 0 Å². The van der Waals surface area contributed by atoms with Crippen LogP contribution in [0.1, 0.15) is 13.8 Å². The number of carboxylic acid groups (broad SMARTS) is 1. The molecule has 0 amide bonds. The first kappa shape index (κ1) is 13.7. The predicted octanol–water partition coefficient (Wildman–Crippen LogP) is 0.741. The average Bonchev–Trinajstić information content (AvgIpc) is 2.13. The monoisotopic (exact) mass is 224 g/mol. The van der Waals surface area contributed by atoms with Gasteiger partial charge in [0.25, 0.3) is 0 Å². The van der Waals surface area contributed by atoms with E-state index in [-0.39, 0.29) is 5.75 Å². The van der Waals surface area contributed by atoms with Crippen LogP contribution in [0, 0.1) is 0 Å². The largest absolute Gasteiger partial charge is 0.479 e. The van der Waals surface area contributed by atoms with Crippen molar-refractivity contribution in [3.63, 3.8) is 0 Å². The molecule has 0 aliphatic carbocycles. The number of thiol groups is 1. The minimum Gasteiger partial charge on any atom is -0.479 e. The Morgan fingerprint density at radius 1 is 1.36 bits per heavy atom. The number of methoxy groups -OCH3 is 1. The molecule has 0 spiro atoms.